The number of para-hydroxylation sites is 2. The zero-order valence-electron chi connectivity index (χ0n) is 15.6. The van der Waals surface area contributed by atoms with Gasteiger partial charge in [0, 0.05) is 16.9 Å². The Hall–Kier alpha value is -3.13. The second-order valence-corrected chi connectivity index (χ2v) is 7.44. The molecular weight excluding hydrogens is 374 g/mol. The molecule has 0 saturated carbocycles. The van der Waals surface area contributed by atoms with E-state index >= 15 is 0 Å². The van der Waals surface area contributed by atoms with Gasteiger partial charge in [-0.3, -0.25) is 14.6 Å². The van der Waals surface area contributed by atoms with Gasteiger partial charge in [-0.05, 0) is 23.6 Å². The average molecular weight is 395 g/mol. The number of nitrogens with zero attached hydrogens (tertiary/aromatic N) is 2. The number of carbonyl (C=O) groups is 1. The summed E-state index contributed by atoms with van der Waals surface area (Å²) >= 11 is 1.11. The number of hydrogen-bond donors (Lipinski definition) is 3. The number of aromatic amines is 1. The molecule has 0 radical (unpaired) electrons. The molecule has 28 heavy (non-hydrogen) atoms. The van der Waals surface area contributed by atoms with Crippen molar-refractivity contribution in [1.29, 1.82) is 0 Å². The highest BCUT2D eigenvalue weighted by molar-refractivity contribution is 7.99. The van der Waals surface area contributed by atoms with E-state index in [0.717, 1.165) is 23.0 Å². The lowest BCUT2D eigenvalue weighted by molar-refractivity contribution is -0.113. The normalized spacial score (nSPS) is 10.8. The van der Waals surface area contributed by atoms with E-state index in [1.165, 1.54) is 0 Å². The number of hydrogen-bond acceptors (Lipinski definition) is 6. The van der Waals surface area contributed by atoms with Gasteiger partial charge < -0.3 is 11.1 Å². The van der Waals surface area contributed by atoms with Crippen molar-refractivity contribution in [2.75, 3.05) is 16.8 Å². The van der Waals surface area contributed by atoms with Crippen LogP contribution in [0, 0.1) is 0 Å². The number of nitrogen functional groups attached to an aromatic ring is 1. The molecule has 0 atom stereocenters. The predicted octanol–water partition coefficient (Wildman–Crippen LogP) is 3.27. The van der Waals surface area contributed by atoms with Crippen molar-refractivity contribution >= 4 is 29.0 Å². The minimum atomic E-state index is -0.402. The van der Waals surface area contributed by atoms with E-state index in [9.17, 15) is 9.59 Å². The number of H-pyrrole nitrogens is 1. The third-order valence-corrected chi connectivity index (χ3v) is 4.95. The smallest absolute Gasteiger partial charge is 0.278 e. The summed E-state index contributed by atoms with van der Waals surface area (Å²) in [7, 11) is 0. The van der Waals surface area contributed by atoms with Crippen LogP contribution in [0.4, 0.5) is 11.4 Å². The fraction of sp³-hybridized carbons (Fsp3) is 0.200. The molecular formula is C20H21N5O2S. The van der Waals surface area contributed by atoms with Crippen LogP contribution in [0.2, 0.25) is 0 Å². The van der Waals surface area contributed by atoms with E-state index in [4.69, 9.17) is 5.73 Å². The summed E-state index contributed by atoms with van der Waals surface area (Å²) in [5.74, 6) is 0.214. The summed E-state index contributed by atoms with van der Waals surface area (Å²) in [6, 6.07) is 14.6. The number of aromatic nitrogens is 3. The monoisotopic (exact) mass is 395 g/mol. The zero-order chi connectivity index (χ0) is 20.1. The number of nitrogens with two attached hydrogens (primary N) is 1. The number of carbonyl (C=O) groups excluding carboxylic acids is 1. The van der Waals surface area contributed by atoms with Gasteiger partial charge in [-0.15, -0.1) is 10.2 Å². The standard InChI is InChI=1S/C20H21N5O2S/c1-12(2)13-7-4-6-10-16(13)22-17(26)11-28-20-23-19(27)18(24-25-20)14-8-3-5-9-15(14)21/h3-10,12H,11,21H2,1-2H3,(H,22,26)(H,23,25,27). The van der Waals surface area contributed by atoms with Gasteiger partial charge in [0.15, 0.2) is 10.9 Å². The lowest BCUT2D eigenvalue weighted by Gasteiger charge is -2.13. The van der Waals surface area contributed by atoms with Gasteiger partial charge in [-0.25, -0.2) is 0 Å². The van der Waals surface area contributed by atoms with Crippen LogP contribution in [0.1, 0.15) is 25.3 Å². The lowest BCUT2D eigenvalue weighted by Crippen LogP contribution is -2.18. The van der Waals surface area contributed by atoms with Crippen LogP contribution in [-0.2, 0) is 4.79 Å². The van der Waals surface area contributed by atoms with Gasteiger partial charge in [-0.2, -0.15) is 0 Å². The Morgan fingerprint density at radius 1 is 1.14 bits per heavy atom. The molecule has 0 aliphatic rings. The maximum atomic E-state index is 12.3. The molecule has 0 spiro atoms. The molecule has 0 saturated heterocycles. The highest BCUT2D eigenvalue weighted by atomic mass is 32.2. The number of benzene rings is 2. The van der Waals surface area contributed by atoms with Gasteiger partial charge in [0.05, 0.1) is 5.75 Å². The molecule has 3 aromatic rings. The Bertz CT molecular complexity index is 1050. The maximum Gasteiger partial charge on any atom is 0.278 e. The molecule has 0 aliphatic carbocycles. The molecule has 0 bridgehead atoms. The van der Waals surface area contributed by atoms with Crippen LogP contribution in [0.3, 0.4) is 0 Å². The zero-order valence-corrected chi connectivity index (χ0v) is 16.4. The molecule has 0 unspecified atom stereocenters. The van der Waals surface area contributed by atoms with E-state index in [1.807, 2.05) is 24.3 Å². The molecule has 144 valence electrons. The van der Waals surface area contributed by atoms with Crippen LogP contribution in [-0.4, -0.2) is 26.8 Å². The van der Waals surface area contributed by atoms with Crippen molar-refractivity contribution in [3.8, 4) is 11.3 Å². The Morgan fingerprint density at radius 2 is 1.86 bits per heavy atom. The molecule has 1 aromatic heterocycles. The quantitative estimate of drug-likeness (QED) is 0.436. The third-order valence-electron chi connectivity index (χ3n) is 4.09. The molecule has 1 amide bonds. The first-order valence-corrected chi connectivity index (χ1v) is 9.77. The van der Waals surface area contributed by atoms with E-state index in [2.05, 4.69) is 34.3 Å². The molecule has 0 aliphatic heterocycles. The molecule has 7 nitrogen and oxygen atoms in total. The highest BCUT2D eigenvalue weighted by Gasteiger charge is 2.13. The molecule has 8 heteroatoms. The fourth-order valence-electron chi connectivity index (χ4n) is 2.71. The number of nitrogens with one attached hydrogen (secondary N) is 2. The summed E-state index contributed by atoms with van der Waals surface area (Å²) in [6.45, 7) is 4.14. The van der Waals surface area contributed by atoms with Gasteiger partial charge in [0.25, 0.3) is 5.56 Å². The van der Waals surface area contributed by atoms with Gasteiger partial charge in [-0.1, -0.05) is 62.0 Å². The first-order chi connectivity index (χ1) is 13.5. The largest absolute Gasteiger partial charge is 0.398 e. The Morgan fingerprint density at radius 3 is 2.57 bits per heavy atom. The molecule has 3 rings (SSSR count). The van der Waals surface area contributed by atoms with Crippen LogP contribution in [0.25, 0.3) is 11.3 Å². The second kappa shape index (κ2) is 8.71. The average Bonchev–Trinajstić information content (AvgIpc) is 2.67. The fourth-order valence-corrected chi connectivity index (χ4v) is 3.31. The van der Waals surface area contributed by atoms with E-state index in [-0.39, 0.29) is 22.5 Å². The number of anilines is 2. The van der Waals surface area contributed by atoms with Gasteiger partial charge in [0.2, 0.25) is 5.91 Å². The van der Waals surface area contributed by atoms with Crippen LogP contribution in [0.15, 0.2) is 58.5 Å². The van der Waals surface area contributed by atoms with Gasteiger partial charge in [0.1, 0.15) is 0 Å². The van der Waals surface area contributed by atoms with Crippen LogP contribution >= 0.6 is 11.8 Å². The van der Waals surface area contributed by atoms with Crippen molar-refractivity contribution in [2.45, 2.75) is 24.9 Å². The first kappa shape index (κ1) is 19.6. The Labute approximate surface area is 166 Å². The minimum Gasteiger partial charge on any atom is -0.398 e. The summed E-state index contributed by atoms with van der Waals surface area (Å²) in [6.07, 6.45) is 0. The maximum absolute atomic E-state index is 12.3. The van der Waals surface area contributed by atoms with E-state index in [1.54, 1.807) is 24.3 Å². The van der Waals surface area contributed by atoms with Crippen molar-refractivity contribution in [3.63, 3.8) is 0 Å². The Kier molecular flexibility index (Phi) is 6.10. The van der Waals surface area contributed by atoms with E-state index < -0.39 is 5.56 Å². The summed E-state index contributed by atoms with van der Waals surface area (Å²) < 4.78 is 0. The van der Waals surface area contributed by atoms with Crippen LogP contribution in [0.5, 0.6) is 0 Å². The van der Waals surface area contributed by atoms with Crippen molar-refractivity contribution < 1.29 is 4.79 Å². The Balaban J connectivity index is 1.67. The minimum absolute atomic E-state index is 0.101. The number of thioether (sulfide) groups is 1. The lowest BCUT2D eigenvalue weighted by atomic mass is 10.0. The predicted molar refractivity (Wildman–Crippen MR) is 112 cm³/mol. The molecule has 2 aromatic carbocycles. The summed E-state index contributed by atoms with van der Waals surface area (Å²) in [5, 5.41) is 11.2. The van der Waals surface area contributed by atoms with E-state index in [0.29, 0.717) is 17.2 Å². The van der Waals surface area contributed by atoms with Gasteiger partial charge >= 0.3 is 0 Å². The van der Waals surface area contributed by atoms with Crippen molar-refractivity contribution in [2.24, 2.45) is 0 Å². The van der Waals surface area contributed by atoms with Crippen molar-refractivity contribution in [3.05, 3.63) is 64.4 Å². The summed E-state index contributed by atoms with van der Waals surface area (Å²) in [5.41, 5.74) is 8.47. The summed E-state index contributed by atoms with van der Waals surface area (Å²) in [4.78, 5) is 27.3. The third kappa shape index (κ3) is 4.58. The van der Waals surface area contributed by atoms with Crippen molar-refractivity contribution in [1.82, 2.24) is 15.2 Å². The topological polar surface area (TPSA) is 114 Å². The van der Waals surface area contributed by atoms with Crippen LogP contribution < -0.4 is 16.6 Å². The SMILES string of the molecule is CC(C)c1ccccc1NC(=O)CSc1nnc(-c2ccccc2N)c(=O)[nH]1. The highest BCUT2D eigenvalue weighted by Crippen LogP contribution is 2.24. The second-order valence-electron chi connectivity index (χ2n) is 6.47. The first-order valence-electron chi connectivity index (χ1n) is 8.79. The molecule has 4 N–H and O–H groups in total. The molecule has 0 fully saturated rings. The molecule has 1 heterocycles. The number of rotatable bonds is 6. The number of amides is 1.